The lowest BCUT2D eigenvalue weighted by molar-refractivity contribution is 0.399. The quantitative estimate of drug-likeness (QED) is 0.198. The summed E-state index contributed by atoms with van der Waals surface area (Å²) in [4.78, 5) is 0. The van der Waals surface area contributed by atoms with Crippen molar-refractivity contribution in [2.75, 3.05) is 0 Å². The first-order chi connectivity index (χ1) is 11.3. The molecule has 0 unspecified atom stereocenters. The van der Waals surface area contributed by atoms with E-state index in [1.165, 1.54) is 51.4 Å². The molecule has 0 atom stereocenters. The van der Waals surface area contributed by atoms with Crippen LogP contribution in [0.2, 0.25) is 37.3 Å². The molecule has 0 aliphatic rings. The summed E-state index contributed by atoms with van der Waals surface area (Å²) in [6, 6.07) is 4.47. The van der Waals surface area contributed by atoms with E-state index in [-0.39, 0.29) is 0 Å². The summed E-state index contributed by atoms with van der Waals surface area (Å²) in [5, 5.41) is 0. The molecule has 0 radical (unpaired) electrons. The zero-order valence-electron chi connectivity index (χ0n) is 17.2. The van der Waals surface area contributed by atoms with Crippen molar-refractivity contribution < 1.29 is 13.0 Å². The maximum atomic E-state index is 12.7. The van der Waals surface area contributed by atoms with E-state index in [0.717, 1.165) is 24.2 Å². The predicted molar refractivity (Wildman–Crippen MR) is 113 cm³/mol. The van der Waals surface area contributed by atoms with Gasteiger partial charge in [0.15, 0.2) is 0 Å². The van der Waals surface area contributed by atoms with Crippen LogP contribution in [0, 0.1) is 0 Å². The predicted octanol–water partition coefficient (Wildman–Crippen LogP) is 7.76. The molecule has 0 aromatic carbocycles. The fourth-order valence-electron chi connectivity index (χ4n) is 3.08. The second-order valence-electron chi connectivity index (χ2n) is 7.77. The Balaban J connectivity index is 4.78. The minimum atomic E-state index is -2.35. The molecule has 0 aliphatic carbocycles. The Morgan fingerprint density at radius 3 is 1.08 bits per heavy atom. The maximum absolute atomic E-state index is 12.7. The third-order valence-electron chi connectivity index (χ3n) is 4.90. The van der Waals surface area contributed by atoms with E-state index >= 15 is 0 Å². The second kappa shape index (κ2) is 13.7. The minimum Gasteiger partial charge on any atom is -0.353 e. The van der Waals surface area contributed by atoms with Crippen LogP contribution in [0.25, 0.3) is 0 Å². The van der Waals surface area contributed by atoms with Gasteiger partial charge in [0.05, 0.1) is 0 Å². The molecule has 0 amide bonds. The molecule has 0 bridgehead atoms. The number of hydrogen-bond acceptors (Lipinski definition) is 3. The zero-order chi connectivity index (χ0) is 18.5. The monoisotopic (exact) mass is 394 g/mol. The molecule has 0 rings (SSSR count). The lowest BCUT2D eigenvalue weighted by Crippen LogP contribution is -2.35. The van der Waals surface area contributed by atoms with Crippen molar-refractivity contribution in [2.24, 2.45) is 0 Å². The van der Waals surface area contributed by atoms with Crippen molar-refractivity contribution in [2.45, 2.75) is 116 Å². The van der Waals surface area contributed by atoms with Gasteiger partial charge in [-0.25, -0.2) is 0 Å². The van der Waals surface area contributed by atoms with Gasteiger partial charge in [0.1, 0.15) is 0 Å². The van der Waals surface area contributed by atoms with E-state index in [0.29, 0.717) is 0 Å². The van der Waals surface area contributed by atoms with Gasteiger partial charge in [-0.1, -0.05) is 79.1 Å². The van der Waals surface area contributed by atoms with E-state index < -0.39 is 24.9 Å². The minimum absolute atomic E-state index is 1.12. The number of unbranched alkanes of at least 4 members (excludes halogenated alkanes) is 4. The Hall–Kier alpha value is 0.584. The first-order valence-electron chi connectivity index (χ1n) is 10.3. The topological polar surface area (TPSA) is 35.5 Å². The first kappa shape index (κ1) is 24.6. The van der Waals surface area contributed by atoms with Gasteiger partial charge in [0.2, 0.25) is 16.6 Å². The van der Waals surface area contributed by atoms with Gasteiger partial charge in [-0.05, 0) is 37.3 Å². The summed E-state index contributed by atoms with van der Waals surface area (Å²) in [7, 11) is -6.12. The van der Waals surface area contributed by atoms with Crippen molar-refractivity contribution in [3.8, 4) is 0 Å². The summed E-state index contributed by atoms with van der Waals surface area (Å²) in [5.41, 5.74) is 0. The van der Waals surface area contributed by atoms with Gasteiger partial charge in [-0.3, -0.25) is 4.57 Å². The Morgan fingerprint density at radius 2 is 0.875 bits per heavy atom. The standard InChI is InChI=1S/C18H43O3PSi2/c1-7-11-15-23(5,16-12-8-2)20-22(19)21-24(6,17-13-9-3)18-14-10-4/h22H,7-18H2,1-6H3. The van der Waals surface area contributed by atoms with E-state index in [9.17, 15) is 4.57 Å². The molecule has 146 valence electrons. The fraction of sp³-hybridized carbons (Fsp3) is 1.00. The first-order valence-corrected chi connectivity index (χ1v) is 17.1. The molecule has 0 fully saturated rings. The summed E-state index contributed by atoms with van der Waals surface area (Å²) in [6.45, 7) is 13.4. The molecule has 0 aliphatic heterocycles. The molecule has 0 saturated heterocycles. The maximum Gasteiger partial charge on any atom is 0.299 e. The SMILES string of the molecule is CCCC[Si](C)(CCCC)O[PH](=O)O[Si](C)(CCCC)CCCC. The molecule has 24 heavy (non-hydrogen) atoms. The van der Waals surface area contributed by atoms with Crippen molar-refractivity contribution in [3.05, 3.63) is 0 Å². The summed E-state index contributed by atoms with van der Waals surface area (Å²) >= 11 is 0. The second-order valence-corrected chi connectivity index (χ2v) is 17.7. The summed E-state index contributed by atoms with van der Waals surface area (Å²) < 4.78 is 25.1. The number of rotatable bonds is 16. The van der Waals surface area contributed by atoms with E-state index in [2.05, 4.69) is 40.8 Å². The smallest absolute Gasteiger partial charge is 0.299 e. The Labute approximate surface area is 154 Å². The lowest BCUT2D eigenvalue weighted by Gasteiger charge is -2.31. The van der Waals surface area contributed by atoms with Crippen LogP contribution in [0.3, 0.4) is 0 Å². The number of hydrogen-bond donors (Lipinski definition) is 0. The highest BCUT2D eigenvalue weighted by Gasteiger charge is 2.35. The van der Waals surface area contributed by atoms with Crippen LogP contribution in [0.15, 0.2) is 0 Å². The van der Waals surface area contributed by atoms with E-state index in [1.807, 2.05) is 0 Å². The third-order valence-corrected chi connectivity index (χ3v) is 15.8. The average molecular weight is 395 g/mol. The molecule has 0 aromatic rings. The van der Waals surface area contributed by atoms with Gasteiger partial charge >= 0.3 is 0 Å². The van der Waals surface area contributed by atoms with Crippen molar-refractivity contribution in [1.82, 2.24) is 0 Å². The molecule has 3 nitrogen and oxygen atoms in total. The van der Waals surface area contributed by atoms with Crippen LogP contribution in [0.4, 0.5) is 0 Å². The molecular weight excluding hydrogens is 351 g/mol. The van der Waals surface area contributed by atoms with Crippen molar-refractivity contribution in [3.63, 3.8) is 0 Å². The molecule has 6 heteroatoms. The molecule has 0 N–H and O–H groups in total. The average Bonchev–Trinajstić information content (AvgIpc) is 2.54. The molecule has 0 saturated carbocycles. The van der Waals surface area contributed by atoms with Crippen LogP contribution in [-0.4, -0.2) is 16.6 Å². The van der Waals surface area contributed by atoms with Crippen LogP contribution in [0.5, 0.6) is 0 Å². The van der Waals surface area contributed by atoms with E-state index in [1.54, 1.807) is 0 Å². The normalized spacial score (nSPS) is 13.0. The van der Waals surface area contributed by atoms with E-state index in [4.69, 9.17) is 8.43 Å². The summed E-state index contributed by atoms with van der Waals surface area (Å²) in [5.74, 6) is 0. The van der Waals surface area contributed by atoms with Crippen LogP contribution >= 0.6 is 8.25 Å². The highest BCUT2D eigenvalue weighted by atomic mass is 31.1. The summed E-state index contributed by atoms with van der Waals surface area (Å²) in [6.07, 6.45) is 9.45. The Bertz CT molecular complexity index is 294. The van der Waals surface area contributed by atoms with Gasteiger partial charge in [-0.15, -0.1) is 0 Å². The van der Waals surface area contributed by atoms with Crippen LogP contribution in [0.1, 0.15) is 79.1 Å². The highest BCUT2D eigenvalue weighted by Crippen LogP contribution is 2.40. The highest BCUT2D eigenvalue weighted by molar-refractivity contribution is 7.38. The van der Waals surface area contributed by atoms with Gasteiger partial charge in [0.25, 0.3) is 8.25 Å². The van der Waals surface area contributed by atoms with Crippen molar-refractivity contribution >= 4 is 24.9 Å². The van der Waals surface area contributed by atoms with Gasteiger partial charge in [-0.2, -0.15) is 0 Å². The Kier molecular flexibility index (Phi) is 14.1. The van der Waals surface area contributed by atoms with Crippen LogP contribution in [-0.2, 0) is 13.0 Å². The third kappa shape index (κ3) is 11.2. The van der Waals surface area contributed by atoms with Crippen LogP contribution < -0.4 is 0 Å². The molecule has 0 heterocycles. The fourth-order valence-corrected chi connectivity index (χ4v) is 13.4. The zero-order valence-corrected chi connectivity index (χ0v) is 20.2. The molecule has 0 aromatic heterocycles. The van der Waals surface area contributed by atoms with Crippen molar-refractivity contribution in [1.29, 1.82) is 0 Å². The van der Waals surface area contributed by atoms with Gasteiger partial charge < -0.3 is 8.43 Å². The molecule has 0 spiro atoms. The Morgan fingerprint density at radius 1 is 0.625 bits per heavy atom. The largest absolute Gasteiger partial charge is 0.353 e. The lowest BCUT2D eigenvalue weighted by atomic mass is 10.4. The van der Waals surface area contributed by atoms with Gasteiger partial charge in [0, 0.05) is 0 Å². The molecular formula is C18H43O3PSi2.